The first-order chi connectivity index (χ1) is 12.7. The number of ether oxygens (including phenoxy) is 1. The third-order valence-electron chi connectivity index (χ3n) is 4.83. The van der Waals surface area contributed by atoms with E-state index in [4.69, 9.17) is 9.72 Å². The van der Waals surface area contributed by atoms with Crippen molar-refractivity contribution in [1.82, 2.24) is 19.4 Å². The molecule has 0 bridgehead atoms. The summed E-state index contributed by atoms with van der Waals surface area (Å²) in [5.74, 6) is 0.940. The van der Waals surface area contributed by atoms with Crippen LogP contribution < -0.4 is 0 Å². The second kappa shape index (κ2) is 6.48. The molecule has 0 spiro atoms. The summed E-state index contributed by atoms with van der Waals surface area (Å²) in [6, 6.07) is 6.26. The van der Waals surface area contributed by atoms with Gasteiger partial charge in [-0.05, 0) is 52.3 Å². The Hall–Kier alpha value is -2.15. The van der Waals surface area contributed by atoms with Gasteiger partial charge in [-0.3, -0.25) is 4.98 Å². The van der Waals surface area contributed by atoms with Gasteiger partial charge in [0.05, 0.1) is 23.3 Å². The van der Waals surface area contributed by atoms with Gasteiger partial charge < -0.3 is 14.2 Å². The van der Waals surface area contributed by atoms with Crippen LogP contribution in [-0.4, -0.2) is 44.2 Å². The van der Waals surface area contributed by atoms with Gasteiger partial charge >= 0.3 is 6.09 Å². The molecule has 3 aromatic rings. The number of fused-ring (bicyclic) bond motifs is 3. The van der Waals surface area contributed by atoms with Gasteiger partial charge in [0.1, 0.15) is 16.9 Å². The number of aromatic nitrogens is 3. The number of benzene rings is 1. The summed E-state index contributed by atoms with van der Waals surface area (Å²) < 4.78 is 8.81. The van der Waals surface area contributed by atoms with Crippen molar-refractivity contribution >= 4 is 44.0 Å². The van der Waals surface area contributed by atoms with Gasteiger partial charge in [0.2, 0.25) is 0 Å². The van der Waals surface area contributed by atoms with Gasteiger partial charge in [-0.15, -0.1) is 0 Å². The topological polar surface area (TPSA) is 60.2 Å². The molecule has 7 heteroatoms. The molecule has 1 aliphatic heterocycles. The molecule has 0 N–H and O–H groups in total. The van der Waals surface area contributed by atoms with Crippen LogP contribution in [0.4, 0.5) is 4.79 Å². The number of amides is 1. The van der Waals surface area contributed by atoms with Crippen LogP contribution in [0.3, 0.4) is 0 Å². The van der Waals surface area contributed by atoms with E-state index in [-0.39, 0.29) is 12.1 Å². The number of hydrogen-bond acceptors (Lipinski definition) is 4. The Morgan fingerprint density at radius 1 is 1.30 bits per heavy atom. The van der Waals surface area contributed by atoms with E-state index in [9.17, 15) is 4.79 Å². The Kier molecular flexibility index (Phi) is 4.37. The van der Waals surface area contributed by atoms with Crippen LogP contribution in [0.2, 0.25) is 0 Å². The number of aryl methyl sites for hydroxylation is 1. The van der Waals surface area contributed by atoms with Gasteiger partial charge in [0.15, 0.2) is 0 Å². The number of likely N-dealkylation sites (tertiary alicyclic amines) is 1. The Labute approximate surface area is 166 Å². The molecule has 0 aliphatic carbocycles. The summed E-state index contributed by atoms with van der Waals surface area (Å²) in [4.78, 5) is 23.5. The Morgan fingerprint density at radius 2 is 2.07 bits per heavy atom. The van der Waals surface area contributed by atoms with Crippen LogP contribution in [0.25, 0.3) is 21.9 Å². The lowest BCUT2D eigenvalue weighted by molar-refractivity contribution is 0.0289. The van der Waals surface area contributed by atoms with Gasteiger partial charge in [-0.25, -0.2) is 9.78 Å². The molecule has 6 nitrogen and oxygen atoms in total. The number of imidazole rings is 1. The number of rotatable bonds is 1. The van der Waals surface area contributed by atoms with Gasteiger partial charge in [0, 0.05) is 22.9 Å². The third-order valence-corrected chi connectivity index (χ3v) is 5.33. The molecule has 1 aromatic carbocycles. The fourth-order valence-corrected chi connectivity index (χ4v) is 4.12. The van der Waals surface area contributed by atoms with E-state index in [1.54, 1.807) is 4.90 Å². The van der Waals surface area contributed by atoms with E-state index in [1.807, 2.05) is 46.0 Å². The minimum Gasteiger partial charge on any atom is -0.444 e. The molecule has 1 aliphatic rings. The first-order valence-corrected chi connectivity index (χ1v) is 9.93. The lowest BCUT2D eigenvalue weighted by atomic mass is 10.1. The average molecular weight is 431 g/mol. The first-order valence-electron chi connectivity index (χ1n) is 9.14. The summed E-state index contributed by atoms with van der Waals surface area (Å²) in [7, 11) is 0. The highest BCUT2D eigenvalue weighted by Crippen LogP contribution is 2.33. The van der Waals surface area contributed by atoms with Crippen LogP contribution in [0.5, 0.6) is 0 Å². The fourth-order valence-electron chi connectivity index (χ4n) is 3.76. The van der Waals surface area contributed by atoms with Crippen molar-refractivity contribution in [2.24, 2.45) is 0 Å². The Morgan fingerprint density at radius 3 is 2.81 bits per heavy atom. The minimum absolute atomic E-state index is 0.173. The first kappa shape index (κ1) is 18.2. The molecule has 0 radical (unpaired) electrons. The molecule has 142 valence electrons. The second-order valence-electron chi connectivity index (χ2n) is 8.05. The summed E-state index contributed by atoms with van der Waals surface area (Å²) >= 11 is 3.56. The van der Waals surface area contributed by atoms with E-state index in [0.29, 0.717) is 13.1 Å². The minimum atomic E-state index is -0.485. The highest BCUT2D eigenvalue weighted by molar-refractivity contribution is 9.10. The molecule has 27 heavy (non-hydrogen) atoms. The zero-order valence-corrected chi connectivity index (χ0v) is 17.6. The molecule has 4 rings (SSSR count). The molecule has 0 unspecified atom stereocenters. The molecule has 1 amide bonds. The van der Waals surface area contributed by atoms with Crippen molar-refractivity contribution in [3.05, 3.63) is 34.7 Å². The maximum Gasteiger partial charge on any atom is 0.410 e. The molecule has 2 aromatic heterocycles. The zero-order chi connectivity index (χ0) is 19.3. The lowest BCUT2D eigenvalue weighted by Gasteiger charge is -2.24. The maximum absolute atomic E-state index is 12.4. The monoisotopic (exact) mass is 430 g/mol. The van der Waals surface area contributed by atoms with E-state index < -0.39 is 5.60 Å². The number of carbonyl (C=O) groups excluding carboxylic acids is 1. The summed E-state index contributed by atoms with van der Waals surface area (Å²) in [5, 5.41) is 1.07. The summed E-state index contributed by atoms with van der Waals surface area (Å²) in [6.07, 6.45) is 2.46. The number of pyridine rings is 1. The van der Waals surface area contributed by atoms with Crippen LogP contribution in [0.15, 0.2) is 28.9 Å². The van der Waals surface area contributed by atoms with Gasteiger partial charge in [0.25, 0.3) is 0 Å². The number of carbonyl (C=O) groups is 1. The SMILES string of the molecule is Cc1nc2cnc3ccc(Br)cc3c2n1[C@H]1CCN(C(=O)OC(C)(C)C)C1. The van der Waals surface area contributed by atoms with Crippen LogP contribution in [0.1, 0.15) is 39.1 Å². The molecule has 3 heterocycles. The summed E-state index contributed by atoms with van der Waals surface area (Å²) in [6.45, 7) is 9.00. The molecular weight excluding hydrogens is 408 g/mol. The highest BCUT2D eigenvalue weighted by Gasteiger charge is 2.32. The number of nitrogens with zero attached hydrogens (tertiary/aromatic N) is 4. The Balaban J connectivity index is 1.73. The van der Waals surface area contributed by atoms with Crippen molar-refractivity contribution in [2.75, 3.05) is 13.1 Å². The second-order valence-corrected chi connectivity index (χ2v) is 8.97. The van der Waals surface area contributed by atoms with Crippen LogP contribution >= 0.6 is 15.9 Å². The third kappa shape index (κ3) is 3.40. The largest absolute Gasteiger partial charge is 0.444 e. The highest BCUT2D eigenvalue weighted by atomic mass is 79.9. The molecule has 1 saturated heterocycles. The number of halogens is 1. The van der Waals surface area contributed by atoms with E-state index >= 15 is 0 Å². The molecule has 1 atom stereocenters. The summed E-state index contributed by atoms with van der Waals surface area (Å²) in [5.41, 5.74) is 2.42. The van der Waals surface area contributed by atoms with Crippen LogP contribution in [-0.2, 0) is 4.74 Å². The van der Waals surface area contributed by atoms with E-state index in [1.165, 1.54) is 0 Å². The normalized spacial score (nSPS) is 17.8. The zero-order valence-electron chi connectivity index (χ0n) is 16.0. The van der Waals surface area contributed by atoms with Gasteiger partial charge in [-0.1, -0.05) is 15.9 Å². The molecule has 0 saturated carbocycles. The smallest absolute Gasteiger partial charge is 0.410 e. The molecular formula is C20H23BrN4O2. The van der Waals surface area contributed by atoms with Crippen molar-refractivity contribution < 1.29 is 9.53 Å². The molecule has 1 fully saturated rings. The predicted octanol–water partition coefficient (Wildman–Crippen LogP) is 4.84. The van der Waals surface area contributed by atoms with Gasteiger partial charge in [-0.2, -0.15) is 0 Å². The van der Waals surface area contributed by atoms with Crippen LogP contribution in [0, 0.1) is 6.92 Å². The van der Waals surface area contributed by atoms with Crippen molar-refractivity contribution in [2.45, 2.75) is 45.8 Å². The van der Waals surface area contributed by atoms with Crippen molar-refractivity contribution in [1.29, 1.82) is 0 Å². The van der Waals surface area contributed by atoms with Crippen molar-refractivity contribution in [3.63, 3.8) is 0 Å². The quantitative estimate of drug-likeness (QED) is 0.554. The predicted molar refractivity (Wildman–Crippen MR) is 109 cm³/mol. The van der Waals surface area contributed by atoms with E-state index in [2.05, 4.69) is 31.5 Å². The maximum atomic E-state index is 12.4. The number of hydrogen-bond donors (Lipinski definition) is 0. The fraction of sp³-hybridized carbons (Fsp3) is 0.450. The lowest BCUT2D eigenvalue weighted by Crippen LogP contribution is -2.35. The van der Waals surface area contributed by atoms with Crippen molar-refractivity contribution in [3.8, 4) is 0 Å². The standard InChI is InChI=1S/C20H23BrN4O2/c1-12-23-17-10-22-16-6-5-13(21)9-15(16)18(17)25(12)14-7-8-24(11-14)19(26)27-20(2,3)4/h5-6,9-10,14H,7-8,11H2,1-4H3/t14-/m0/s1. The Bertz CT molecular complexity index is 1040. The van der Waals surface area contributed by atoms with E-state index in [0.717, 1.165) is 38.7 Å². The average Bonchev–Trinajstić information content (AvgIpc) is 3.16.